The molecule has 1 amide bonds. The lowest BCUT2D eigenvalue weighted by atomic mass is 10.1. The van der Waals surface area contributed by atoms with Gasteiger partial charge >= 0.3 is 5.97 Å². The fourth-order valence-electron chi connectivity index (χ4n) is 2.80. The zero-order valence-corrected chi connectivity index (χ0v) is 16.1. The van der Waals surface area contributed by atoms with Gasteiger partial charge in [-0.15, -0.1) is 0 Å². The Morgan fingerprint density at radius 3 is 2.23 bits per heavy atom. The minimum atomic E-state index is -1.35. The first-order valence-electron chi connectivity index (χ1n) is 9.22. The smallest absolute Gasteiger partial charge is 0.339 e. The molecule has 7 heteroatoms. The second kappa shape index (κ2) is 9.65. The Labute approximate surface area is 172 Å². The van der Waals surface area contributed by atoms with Crippen LogP contribution >= 0.6 is 0 Å². The molecule has 0 bridgehead atoms. The van der Waals surface area contributed by atoms with Crippen LogP contribution in [0.4, 0.5) is 14.5 Å². The van der Waals surface area contributed by atoms with Gasteiger partial charge in [0.25, 0.3) is 5.91 Å². The van der Waals surface area contributed by atoms with Crippen molar-refractivity contribution >= 4 is 17.6 Å². The molecular formula is C23H19F2NO4. The van der Waals surface area contributed by atoms with Gasteiger partial charge in [0.1, 0.15) is 17.4 Å². The summed E-state index contributed by atoms with van der Waals surface area (Å²) < 4.78 is 37.8. The number of carbonyl (C=O) groups is 2. The zero-order chi connectivity index (χ0) is 21.5. The summed E-state index contributed by atoms with van der Waals surface area (Å²) in [5, 5.41) is 2.68. The SMILES string of the molecule is CCOc1ccccc1NC(=O)C(OC(=O)c1cc(F)cc(F)c1)c1ccccc1. The Hall–Kier alpha value is -3.74. The first kappa shape index (κ1) is 21.0. The van der Waals surface area contributed by atoms with E-state index < -0.39 is 29.6 Å². The molecule has 0 radical (unpaired) electrons. The lowest BCUT2D eigenvalue weighted by Crippen LogP contribution is -2.26. The number of rotatable bonds is 7. The molecule has 0 saturated carbocycles. The van der Waals surface area contributed by atoms with Crippen LogP contribution in [0.2, 0.25) is 0 Å². The van der Waals surface area contributed by atoms with Gasteiger partial charge in [0.05, 0.1) is 17.9 Å². The second-order valence-electron chi connectivity index (χ2n) is 6.27. The number of para-hydroxylation sites is 2. The molecule has 30 heavy (non-hydrogen) atoms. The van der Waals surface area contributed by atoms with E-state index >= 15 is 0 Å². The van der Waals surface area contributed by atoms with Gasteiger partial charge in [-0.1, -0.05) is 42.5 Å². The van der Waals surface area contributed by atoms with Crippen LogP contribution in [0.5, 0.6) is 5.75 Å². The quantitative estimate of drug-likeness (QED) is 0.562. The highest BCUT2D eigenvalue weighted by Crippen LogP contribution is 2.27. The highest BCUT2D eigenvalue weighted by atomic mass is 19.1. The van der Waals surface area contributed by atoms with Gasteiger partial charge < -0.3 is 14.8 Å². The highest BCUT2D eigenvalue weighted by Gasteiger charge is 2.27. The fourth-order valence-corrected chi connectivity index (χ4v) is 2.80. The molecule has 3 aromatic carbocycles. The van der Waals surface area contributed by atoms with Gasteiger partial charge in [-0.25, -0.2) is 13.6 Å². The van der Waals surface area contributed by atoms with Crippen LogP contribution < -0.4 is 10.1 Å². The molecule has 3 rings (SSSR count). The number of nitrogens with one attached hydrogen (secondary N) is 1. The van der Waals surface area contributed by atoms with E-state index in [9.17, 15) is 18.4 Å². The van der Waals surface area contributed by atoms with Crippen molar-refractivity contribution in [1.82, 2.24) is 0 Å². The standard InChI is InChI=1S/C23H19F2NO4/c1-2-29-20-11-7-6-10-19(20)26-22(27)21(15-8-4-3-5-9-15)30-23(28)16-12-17(24)14-18(25)13-16/h3-14,21H,2H2,1H3,(H,26,27). The number of ether oxygens (including phenoxy) is 2. The third kappa shape index (κ3) is 5.20. The van der Waals surface area contributed by atoms with E-state index in [2.05, 4.69) is 5.32 Å². The number of esters is 1. The van der Waals surface area contributed by atoms with Crippen LogP contribution in [-0.2, 0) is 9.53 Å². The zero-order valence-electron chi connectivity index (χ0n) is 16.1. The summed E-state index contributed by atoms with van der Waals surface area (Å²) in [5.74, 6) is -3.06. The van der Waals surface area contributed by atoms with E-state index in [-0.39, 0.29) is 5.56 Å². The predicted octanol–water partition coefficient (Wildman–Crippen LogP) is 4.90. The van der Waals surface area contributed by atoms with Crippen LogP contribution in [0.1, 0.15) is 28.9 Å². The van der Waals surface area contributed by atoms with Crippen molar-refractivity contribution < 1.29 is 27.8 Å². The Morgan fingerprint density at radius 1 is 0.933 bits per heavy atom. The molecule has 0 aliphatic rings. The maximum Gasteiger partial charge on any atom is 0.339 e. The molecule has 1 N–H and O–H groups in total. The number of benzene rings is 3. The lowest BCUT2D eigenvalue weighted by molar-refractivity contribution is -0.125. The number of hydrogen-bond acceptors (Lipinski definition) is 4. The van der Waals surface area contributed by atoms with Gasteiger partial charge in [0.15, 0.2) is 0 Å². The molecule has 3 aromatic rings. The topological polar surface area (TPSA) is 64.6 Å². The van der Waals surface area contributed by atoms with E-state index in [4.69, 9.17) is 9.47 Å². The monoisotopic (exact) mass is 411 g/mol. The molecule has 1 unspecified atom stereocenters. The number of carbonyl (C=O) groups excluding carboxylic acids is 2. The molecule has 1 atom stereocenters. The van der Waals surface area contributed by atoms with Crippen molar-refractivity contribution in [1.29, 1.82) is 0 Å². The van der Waals surface area contributed by atoms with Gasteiger partial charge in [-0.2, -0.15) is 0 Å². The number of halogens is 2. The Bertz CT molecular complexity index is 1020. The van der Waals surface area contributed by atoms with E-state index in [1.165, 1.54) is 0 Å². The summed E-state index contributed by atoms with van der Waals surface area (Å²) in [6.07, 6.45) is -1.35. The predicted molar refractivity (Wildman–Crippen MR) is 107 cm³/mol. The van der Waals surface area contributed by atoms with E-state index in [0.29, 0.717) is 29.7 Å². The number of amides is 1. The van der Waals surface area contributed by atoms with Crippen LogP contribution in [0.15, 0.2) is 72.8 Å². The van der Waals surface area contributed by atoms with Crippen LogP contribution in [0, 0.1) is 11.6 Å². The summed E-state index contributed by atoms with van der Waals surface area (Å²) >= 11 is 0. The van der Waals surface area contributed by atoms with Gasteiger partial charge in [0.2, 0.25) is 6.10 Å². The molecule has 0 heterocycles. The molecule has 0 aromatic heterocycles. The van der Waals surface area contributed by atoms with Crippen LogP contribution in [0.3, 0.4) is 0 Å². The van der Waals surface area contributed by atoms with E-state index in [0.717, 1.165) is 12.1 Å². The van der Waals surface area contributed by atoms with Crippen LogP contribution in [0.25, 0.3) is 0 Å². The average molecular weight is 411 g/mol. The third-order valence-electron chi connectivity index (χ3n) is 4.11. The Kier molecular flexibility index (Phi) is 6.75. The fraction of sp³-hybridized carbons (Fsp3) is 0.130. The van der Waals surface area contributed by atoms with Gasteiger partial charge in [-0.3, -0.25) is 4.79 Å². The average Bonchev–Trinajstić information content (AvgIpc) is 2.73. The molecule has 0 aliphatic heterocycles. The second-order valence-corrected chi connectivity index (χ2v) is 6.27. The van der Waals surface area contributed by atoms with Crippen molar-refractivity contribution in [3.05, 3.63) is 95.6 Å². The van der Waals surface area contributed by atoms with Crippen molar-refractivity contribution in [3.8, 4) is 5.75 Å². The first-order chi connectivity index (χ1) is 14.5. The van der Waals surface area contributed by atoms with E-state index in [1.807, 2.05) is 6.92 Å². The maximum atomic E-state index is 13.5. The van der Waals surface area contributed by atoms with E-state index in [1.54, 1.807) is 54.6 Å². The number of anilines is 1. The third-order valence-corrected chi connectivity index (χ3v) is 4.11. The summed E-state index contributed by atoms with van der Waals surface area (Å²) in [4.78, 5) is 25.5. The molecule has 5 nitrogen and oxygen atoms in total. The summed E-state index contributed by atoms with van der Waals surface area (Å²) in [6.45, 7) is 2.21. The van der Waals surface area contributed by atoms with Crippen molar-refractivity contribution in [2.24, 2.45) is 0 Å². The largest absolute Gasteiger partial charge is 0.492 e. The van der Waals surface area contributed by atoms with Crippen molar-refractivity contribution in [3.63, 3.8) is 0 Å². The van der Waals surface area contributed by atoms with Crippen molar-refractivity contribution in [2.45, 2.75) is 13.0 Å². The van der Waals surface area contributed by atoms with Gasteiger partial charge in [-0.05, 0) is 31.2 Å². The first-order valence-corrected chi connectivity index (χ1v) is 9.22. The number of hydrogen-bond donors (Lipinski definition) is 1. The van der Waals surface area contributed by atoms with Gasteiger partial charge in [0, 0.05) is 11.6 Å². The minimum absolute atomic E-state index is 0.337. The normalized spacial score (nSPS) is 11.4. The molecule has 0 aliphatic carbocycles. The summed E-state index contributed by atoms with van der Waals surface area (Å²) in [7, 11) is 0. The summed E-state index contributed by atoms with van der Waals surface area (Å²) in [5.41, 5.74) is 0.461. The van der Waals surface area contributed by atoms with Crippen LogP contribution in [-0.4, -0.2) is 18.5 Å². The molecule has 0 spiro atoms. The molecule has 0 saturated heterocycles. The highest BCUT2D eigenvalue weighted by molar-refractivity contribution is 5.99. The Balaban J connectivity index is 1.88. The Morgan fingerprint density at radius 2 is 1.57 bits per heavy atom. The minimum Gasteiger partial charge on any atom is -0.492 e. The molecule has 154 valence electrons. The van der Waals surface area contributed by atoms with Crippen molar-refractivity contribution in [2.75, 3.05) is 11.9 Å². The molecule has 0 fully saturated rings. The lowest BCUT2D eigenvalue weighted by Gasteiger charge is -2.19. The maximum absolute atomic E-state index is 13.5. The summed E-state index contributed by atoms with van der Waals surface area (Å²) in [6, 6.07) is 17.5. The molecular weight excluding hydrogens is 392 g/mol.